The van der Waals surface area contributed by atoms with E-state index in [9.17, 15) is 9.90 Å². The zero-order valence-electron chi connectivity index (χ0n) is 6.48. The van der Waals surface area contributed by atoms with Crippen LogP contribution in [-0.4, -0.2) is 22.2 Å². The van der Waals surface area contributed by atoms with Crippen LogP contribution < -0.4 is 5.73 Å². The van der Waals surface area contributed by atoms with E-state index >= 15 is 0 Å². The van der Waals surface area contributed by atoms with Gasteiger partial charge < -0.3 is 15.9 Å². The molecule has 4 N–H and O–H groups in total. The number of rotatable bonds is 3. The van der Waals surface area contributed by atoms with Gasteiger partial charge in [-0.1, -0.05) is 0 Å². The van der Waals surface area contributed by atoms with Crippen molar-refractivity contribution in [3.63, 3.8) is 0 Å². The molecule has 1 aromatic heterocycles. The van der Waals surface area contributed by atoms with E-state index in [-0.39, 0.29) is 0 Å². The molecule has 0 spiro atoms. The Labute approximate surface area is 87.1 Å². The smallest absolute Gasteiger partial charge is 0.323 e. The Morgan fingerprint density at radius 3 is 2.69 bits per heavy atom. The van der Waals surface area contributed by atoms with Gasteiger partial charge in [0.25, 0.3) is 0 Å². The predicted molar refractivity (Wildman–Crippen MR) is 52.6 cm³/mol. The number of carbonyl (C=O) groups is 1. The summed E-state index contributed by atoms with van der Waals surface area (Å²) < 4.78 is 0.833. The molecule has 0 aliphatic heterocycles. The lowest BCUT2D eigenvalue weighted by atomic mass is 10.1. The van der Waals surface area contributed by atoms with Crippen LogP contribution in [0.25, 0.3) is 0 Å². The van der Waals surface area contributed by atoms with Crippen LogP contribution in [0.3, 0.4) is 0 Å². The summed E-state index contributed by atoms with van der Waals surface area (Å²) in [7, 11) is 0. The molecule has 1 rings (SSSR count). The maximum atomic E-state index is 10.4. The highest BCUT2D eigenvalue weighted by atomic mass is 79.9. The molecule has 6 heteroatoms. The van der Waals surface area contributed by atoms with Gasteiger partial charge in [0.05, 0.1) is 3.79 Å². The third-order valence-electron chi connectivity index (χ3n) is 1.55. The summed E-state index contributed by atoms with van der Waals surface area (Å²) in [6, 6.07) is 0.375. The minimum absolute atomic E-state index is 0.520. The molecule has 1 aromatic rings. The number of carboxylic acid groups (broad SMARTS) is 1. The van der Waals surface area contributed by atoms with E-state index in [1.165, 1.54) is 11.3 Å². The van der Waals surface area contributed by atoms with Crippen LogP contribution in [0.2, 0.25) is 0 Å². The lowest BCUT2D eigenvalue weighted by molar-refractivity contribution is -0.141. The fourth-order valence-corrected chi connectivity index (χ4v) is 2.03. The zero-order valence-corrected chi connectivity index (χ0v) is 8.88. The predicted octanol–water partition coefficient (Wildman–Crippen LogP) is 0.956. The van der Waals surface area contributed by atoms with Crippen molar-refractivity contribution in [1.82, 2.24) is 0 Å². The Bertz CT molecular complexity index is 314. The van der Waals surface area contributed by atoms with E-state index in [1.54, 1.807) is 11.4 Å². The highest BCUT2D eigenvalue weighted by molar-refractivity contribution is 9.11. The van der Waals surface area contributed by atoms with E-state index in [0.717, 1.165) is 3.79 Å². The van der Waals surface area contributed by atoms with Crippen molar-refractivity contribution in [2.45, 2.75) is 12.1 Å². The minimum Gasteiger partial charge on any atom is -0.480 e. The number of carboxylic acids is 1. The molecule has 0 aliphatic rings. The van der Waals surface area contributed by atoms with Gasteiger partial charge >= 0.3 is 5.97 Å². The molecule has 1 heterocycles. The van der Waals surface area contributed by atoms with Crippen molar-refractivity contribution >= 4 is 33.2 Å². The number of hydrogen-bond donors (Lipinski definition) is 3. The first kappa shape index (κ1) is 10.6. The second kappa shape index (κ2) is 4.19. The lowest BCUT2D eigenvalue weighted by Crippen LogP contribution is -2.36. The second-order valence-electron chi connectivity index (χ2n) is 2.49. The van der Waals surface area contributed by atoms with Gasteiger partial charge in [-0.05, 0) is 32.9 Å². The monoisotopic (exact) mass is 265 g/mol. The molecule has 2 unspecified atom stereocenters. The maximum Gasteiger partial charge on any atom is 0.323 e. The van der Waals surface area contributed by atoms with Crippen molar-refractivity contribution < 1.29 is 15.0 Å². The van der Waals surface area contributed by atoms with Crippen LogP contribution in [0.1, 0.15) is 11.7 Å². The summed E-state index contributed by atoms with van der Waals surface area (Å²) in [4.78, 5) is 10.4. The number of hydrogen-bond acceptors (Lipinski definition) is 4. The van der Waals surface area contributed by atoms with Crippen molar-refractivity contribution in [2.24, 2.45) is 5.73 Å². The maximum absolute atomic E-state index is 10.4. The zero-order chi connectivity index (χ0) is 10.0. The summed E-state index contributed by atoms with van der Waals surface area (Å²) in [5.74, 6) is -1.21. The van der Waals surface area contributed by atoms with Crippen molar-refractivity contribution in [3.05, 3.63) is 20.8 Å². The van der Waals surface area contributed by atoms with E-state index in [2.05, 4.69) is 15.9 Å². The van der Waals surface area contributed by atoms with E-state index in [4.69, 9.17) is 10.8 Å². The number of aliphatic hydroxyl groups is 1. The fraction of sp³-hybridized carbons (Fsp3) is 0.286. The summed E-state index contributed by atoms with van der Waals surface area (Å²) in [6.07, 6.45) is -1.15. The third-order valence-corrected chi connectivity index (χ3v) is 3.08. The molecule has 0 aromatic carbocycles. The molecular formula is C7H8BrNO3S. The van der Waals surface area contributed by atoms with Gasteiger partial charge in [-0.15, -0.1) is 11.3 Å². The topological polar surface area (TPSA) is 83.6 Å². The Morgan fingerprint density at radius 2 is 2.31 bits per heavy atom. The number of nitrogens with two attached hydrogens (primary N) is 1. The molecule has 0 saturated carbocycles. The SMILES string of the molecule is NC(C(=O)O)C(O)c1csc(Br)c1. The van der Waals surface area contributed by atoms with Gasteiger partial charge in [0.15, 0.2) is 0 Å². The van der Waals surface area contributed by atoms with Crippen LogP contribution in [0.15, 0.2) is 15.2 Å². The van der Waals surface area contributed by atoms with Gasteiger partial charge in [-0.3, -0.25) is 4.79 Å². The molecule has 72 valence electrons. The van der Waals surface area contributed by atoms with E-state index in [0.29, 0.717) is 5.56 Å². The number of aliphatic carboxylic acids is 1. The Balaban J connectivity index is 2.78. The third kappa shape index (κ3) is 2.50. The van der Waals surface area contributed by atoms with Gasteiger partial charge in [0.2, 0.25) is 0 Å². The number of halogens is 1. The summed E-state index contributed by atoms with van der Waals surface area (Å²) in [6.45, 7) is 0. The normalized spacial score (nSPS) is 15.3. The van der Waals surface area contributed by atoms with Crippen LogP contribution >= 0.6 is 27.3 Å². The Kier molecular flexibility index (Phi) is 3.43. The molecule has 0 saturated heterocycles. The largest absolute Gasteiger partial charge is 0.480 e. The summed E-state index contributed by atoms with van der Waals surface area (Å²) >= 11 is 4.58. The van der Waals surface area contributed by atoms with Gasteiger partial charge in [-0.2, -0.15) is 0 Å². The second-order valence-corrected chi connectivity index (χ2v) is 4.78. The molecule has 0 fully saturated rings. The van der Waals surface area contributed by atoms with Crippen molar-refractivity contribution in [1.29, 1.82) is 0 Å². The number of aliphatic hydroxyl groups excluding tert-OH is 1. The van der Waals surface area contributed by atoms with Crippen molar-refractivity contribution in [2.75, 3.05) is 0 Å². The highest BCUT2D eigenvalue weighted by Crippen LogP contribution is 2.26. The Morgan fingerprint density at radius 1 is 1.69 bits per heavy atom. The molecule has 0 radical (unpaired) electrons. The first-order valence-corrected chi connectivity index (χ1v) is 5.10. The van der Waals surface area contributed by atoms with E-state index in [1.807, 2.05) is 0 Å². The number of thiophene rings is 1. The first-order valence-electron chi connectivity index (χ1n) is 3.42. The van der Waals surface area contributed by atoms with Gasteiger partial charge in [0.1, 0.15) is 12.1 Å². The fourth-order valence-electron chi connectivity index (χ4n) is 0.821. The molecule has 13 heavy (non-hydrogen) atoms. The molecule has 0 aliphatic carbocycles. The summed E-state index contributed by atoms with van der Waals surface area (Å²) in [5, 5.41) is 19.6. The quantitative estimate of drug-likeness (QED) is 0.760. The van der Waals surface area contributed by atoms with Crippen LogP contribution in [0.5, 0.6) is 0 Å². The molecule has 2 atom stereocenters. The molecular weight excluding hydrogens is 258 g/mol. The standard InChI is InChI=1S/C7H8BrNO3S/c8-4-1-3(2-13-4)6(10)5(9)7(11)12/h1-2,5-6,10H,9H2,(H,11,12). The van der Waals surface area contributed by atoms with Gasteiger partial charge in [0, 0.05) is 0 Å². The highest BCUT2D eigenvalue weighted by Gasteiger charge is 2.24. The van der Waals surface area contributed by atoms with Crippen LogP contribution in [0.4, 0.5) is 0 Å². The summed E-state index contributed by atoms with van der Waals surface area (Å²) in [5.41, 5.74) is 5.76. The van der Waals surface area contributed by atoms with Crippen LogP contribution in [-0.2, 0) is 4.79 Å². The van der Waals surface area contributed by atoms with Gasteiger partial charge in [-0.25, -0.2) is 0 Å². The Hall–Kier alpha value is -0.430. The van der Waals surface area contributed by atoms with Crippen molar-refractivity contribution in [3.8, 4) is 0 Å². The van der Waals surface area contributed by atoms with Crippen LogP contribution in [0, 0.1) is 0 Å². The average Bonchev–Trinajstić information content (AvgIpc) is 2.49. The van der Waals surface area contributed by atoms with E-state index < -0.39 is 18.1 Å². The average molecular weight is 266 g/mol. The minimum atomic E-state index is -1.28. The molecule has 0 bridgehead atoms. The first-order chi connectivity index (χ1) is 6.02. The lowest BCUT2D eigenvalue weighted by Gasteiger charge is -2.12. The molecule has 4 nitrogen and oxygen atoms in total. The molecule has 0 amide bonds.